The number of nitrogens with one attached hydrogen (secondary N) is 1. The van der Waals surface area contributed by atoms with Crippen LogP contribution in [-0.4, -0.2) is 0 Å². The molecular formula is C20H18FN. The van der Waals surface area contributed by atoms with E-state index in [1.165, 1.54) is 23.3 Å². The van der Waals surface area contributed by atoms with Crippen molar-refractivity contribution < 1.29 is 4.39 Å². The predicted molar refractivity (Wildman–Crippen MR) is 88.0 cm³/mol. The van der Waals surface area contributed by atoms with Crippen LogP contribution in [0.3, 0.4) is 0 Å². The third-order valence-electron chi connectivity index (χ3n) is 3.69. The lowest BCUT2D eigenvalue weighted by Crippen LogP contribution is -2.22. The maximum atomic E-state index is 13.2. The van der Waals surface area contributed by atoms with Crippen LogP contribution >= 0.6 is 0 Å². The minimum atomic E-state index is -0.210. The fourth-order valence-corrected chi connectivity index (χ4v) is 2.54. The molecule has 2 heteroatoms. The number of hydrogen-bond donors (Lipinski definition) is 1. The van der Waals surface area contributed by atoms with Crippen molar-refractivity contribution >= 4 is 0 Å². The quantitative estimate of drug-likeness (QED) is 0.718. The smallest absolute Gasteiger partial charge is 0.123 e. The lowest BCUT2D eigenvalue weighted by molar-refractivity contribution is 0.598. The molecule has 0 fully saturated rings. The van der Waals surface area contributed by atoms with Gasteiger partial charge >= 0.3 is 0 Å². The minimum absolute atomic E-state index is 0.0435. The van der Waals surface area contributed by atoms with Crippen LogP contribution in [0, 0.1) is 5.82 Å². The standard InChI is InChI=1S/C20H18FN/c21-19-13-11-18(12-14-19)20(17-9-5-2-6-10-17)22-15-16-7-3-1-4-8-16/h1-14,20,22H,15H2/t20-/m0/s1. The van der Waals surface area contributed by atoms with Crippen LogP contribution in [0.2, 0.25) is 0 Å². The highest BCUT2D eigenvalue weighted by Crippen LogP contribution is 2.22. The molecule has 0 aromatic heterocycles. The van der Waals surface area contributed by atoms with Crippen LogP contribution in [-0.2, 0) is 6.54 Å². The second-order valence-corrected chi connectivity index (χ2v) is 5.26. The Labute approximate surface area is 130 Å². The molecule has 22 heavy (non-hydrogen) atoms. The Hall–Kier alpha value is -2.45. The molecule has 0 bridgehead atoms. The SMILES string of the molecule is Fc1ccc([C@@H](NCc2ccccc2)c2ccccc2)cc1. The van der Waals surface area contributed by atoms with E-state index in [-0.39, 0.29) is 11.9 Å². The van der Waals surface area contributed by atoms with Gasteiger partial charge in [-0.2, -0.15) is 0 Å². The number of rotatable bonds is 5. The average Bonchev–Trinajstić information content (AvgIpc) is 2.58. The lowest BCUT2D eigenvalue weighted by Gasteiger charge is -2.20. The first-order chi connectivity index (χ1) is 10.8. The molecule has 1 N–H and O–H groups in total. The van der Waals surface area contributed by atoms with E-state index in [0.29, 0.717) is 0 Å². The molecule has 3 aromatic rings. The molecule has 0 radical (unpaired) electrons. The third-order valence-corrected chi connectivity index (χ3v) is 3.69. The summed E-state index contributed by atoms with van der Waals surface area (Å²) in [5, 5.41) is 3.57. The highest BCUT2D eigenvalue weighted by atomic mass is 19.1. The second-order valence-electron chi connectivity index (χ2n) is 5.26. The van der Waals surface area contributed by atoms with Gasteiger partial charge in [-0.15, -0.1) is 0 Å². The van der Waals surface area contributed by atoms with Crippen LogP contribution in [0.4, 0.5) is 4.39 Å². The van der Waals surface area contributed by atoms with Crippen molar-refractivity contribution in [2.45, 2.75) is 12.6 Å². The first kappa shape index (κ1) is 14.5. The Kier molecular flexibility index (Phi) is 4.62. The molecule has 0 aliphatic heterocycles. The van der Waals surface area contributed by atoms with Gasteiger partial charge in [-0.25, -0.2) is 4.39 Å². The Balaban J connectivity index is 1.85. The predicted octanol–water partition coefficient (Wildman–Crippen LogP) is 4.70. The van der Waals surface area contributed by atoms with Crippen LogP contribution in [0.15, 0.2) is 84.9 Å². The van der Waals surface area contributed by atoms with Crippen molar-refractivity contribution in [3.63, 3.8) is 0 Å². The van der Waals surface area contributed by atoms with Gasteiger partial charge in [-0.05, 0) is 28.8 Å². The highest BCUT2D eigenvalue weighted by Gasteiger charge is 2.13. The van der Waals surface area contributed by atoms with E-state index < -0.39 is 0 Å². The first-order valence-corrected chi connectivity index (χ1v) is 7.40. The van der Waals surface area contributed by atoms with Gasteiger partial charge in [-0.1, -0.05) is 72.8 Å². The van der Waals surface area contributed by atoms with Gasteiger partial charge in [0.15, 0.2) is 0 Å². The summed E-state index contributed by atoms with van der Waals surface area (Å²) in [7, 11) is 0. The summed E-state index contributed by atoms with van der Waals surface area (Å²) in [5.41, 5.74) is 3.46. The van der Waals surface area contributed by atoms with Gasteiger partial charge in [-0.3, -0.25) is 0 Å². The van der Waals surface area contributed by atoms with E-state index in [1.807, 2.05) is 48.5 Å². The molecule has 110 valence electrons. The highest BCUT2D eigenvalue weighted by molar-refractivity contribution is 5.32. The summed E-state index contributed by atoms with van der Waals surface area (Å²) >= 11 is 0. The number of benzene rings is 3. The summed E-state index contributed by atoms with van der Waals surface area (Å²) in [5.74, 6) is -0.210. The Morgan fingerprint density at radius 3 is 1.86 bits per heavy atom. The molecule has 0 saturated carbocycles. The minimum Gasteiger partial charge on any atom is -0.302 e. The van der Waals surface area contributed by atoms with Gasteiger partial charge in [0.1, 0.15) is 5.82 Å². The van der Waals surface area contributed by atoms with E-state index in [4.69, 9.17) is 0 Å². The second kappa shape index (κ2) is 7.01. The lowest BCUT2D eigenvalue weighted by atomic mass is 9.98. The van der Waals surface area contributed by atoms with Gasteiger partial charge in [0, 0.05) is 6.54 Å². The summed E-state index contributed by atoms with van der Waals surface area (Å²) in [4.78, 5) is 0. The van der Waals surface area contributed by atoms with Gasteiger partial charge in [0.25, 0.3) is 0 Å². The Bertz CT molecular complexity index is 693. The van der Waals surface area contributed by atoms with Gasteiger partial charge < -0.3 is 5.32 Å². The normalized spacial score (nSPS) is 12.0. The summed E-state index contributed by atoms with van der Waals surface area (Å²) in [6.45, 7) is 0.762. The van der Waals surface area contributed by atoms with E-state index in [0.717, 1.165) is 12.1 Å². The van der Waals surface area contributed by atoms with Crippen molar-refractivity contribution in [3.05, 3.63) is 107 Å². The molecule has 0 unspecified atom stereocenters. The summed E-state index contributed by atoms with van der Waals surface area (Å²) < 4.78 is 13.2. The topological polar surface area (TPSA) is 12.0 Å². The fraction of sp³-hybridized carbons (Fsp3) is 0.100. The summed E-state index contributed by atoms with van der Waals surface area (Å²) in [6, 6.07) is 27.2. The molecule has 1 nitrogen and oxygen atoms in total. The molecule has 3 rings (SSSR count). The van der Waals surface area contributed by atoms with Crippen LogP contribution in [0.1, 0.15) is 22.7 Å². The molecule has 0 aliphatic carbocycles. The van der Waals surface area contributed by atoms with Gasteiger partial charge in [0.05, 0.1) is 6.04 Å². The largest absolute Gasteiger partial charge is 0.302 e. The molecule has 0 amide bonds. The van der Waals surface area contributed by atoms with Crippen molar-refractivity contribution in [2.75, 3.05) is 0 Å². The molecule has 0 aliphatic rings. The van der Waals surface area contributed by atoms with Crippen LogP contribution < -0.4 is 5.32 Å². The van der Waals surface area contributed by atoms with E-state index in [9.17, 15) is 4.39 Å². The molecule has 0 saturated heterocycles. The van der Waals surface area contributed by atoms with Crippen molar-refractivity contribution in [3.8, 4) is 0 Å². The number of hydrogen-bond acceptors (Lipinski definition) is 1. The van der Waals surface area contributed by atoms with E-state index >= 15 is 0 Å². The monoisotopic (exact) mass is 291 g/mol. The van der Waals surface area contributed by atoms with Crippen molar-refractivity contribution in [1.82, 2.24) is 5.32 Å². The molecular weight excluding hydrogens is 273 g/mol. The molecule has 3 aromatic carbocycles. The molecule has 0 spiro atoms. The number of halogens is 1. The summed E-state index contributed by atoms with van der Waals surface area (Å²) in [6.07, 6.45) is 0. The third kappa shape index (κ3) is 3.60. The maximum Gasteiger partial charge on any atom is 0.123 e. The van der Waals surface area contributed by atoms with Crippen LogP contribution in [0.25, 0.3) is 0 Å². The zero-order valence-electron chi connectivity index (χ0n) is 12.2. The molecule has 0 heterocycles. The maximum absolute atomic E-state index is 13.2. The Morgan fingerprint density at radius 1 is 0.682 bits per heavy atom. The fourth-order valence-electron chi connectivity index (χ4n) is 2.54. The van der Waals surface area contributed by atoms with Crippen molar-refractivity contribution in [2.24, 2.45) is 0 Å². The van der Waals surface area contributed by atoms with Crippen molar-refractivity contribution in [1.29, 1.82) is 0 Å². The Morgan fingerprint density at radius 2 is 1.23 bits per heavy atom. The van der Waals surface area contributed by atoms with E-state index in [1.54, 1.807) is 0 Å². The zero-order chi connectivity index (χ0) is 15.2. The van der Waals surface area contributed by atoms with Gasteiger partial charge in [0.2, 0.25) is 0 Å². The molecule has 1 atom stereocenters. The first-order valence-electron chi connectivity index (χ1n) is 7.40. The average molecular weight is 291 g/mol. The zero-order valence-corrected chi connectivity index (χ0v) is 12.2. The van der Waals surface area contributed by atoms with E-state index in [2.05, 4.69) is 29.6 Å². The van der Waals surface area contributed by atoms with Crippen LogP contribution in [0.5, 0.6) is 0 Å².